The third kappa shape index (κ3) is 5.70. The first kappa shape index (κ1) is 21.6. The number of carbonyl (C=O) groups excluding carboxylic acids is 1. The fraction of sp³-hybridized carbons (Fsp3) is 0.636. The summed E-state index contributed by atoms with van der Waals surface area (Å²) >= 11 is 0. The van der Waals surface area contributed by atoms with Gasteiger partial charge in [0.2, 0.25) is 0 Å². The second kappa shape index (κ2) is 9.59. The summed E-state index contributed by atoms with van der Waals surface area (Å²) in [5, 5.41) is 12.2. The minimum atomic E-state index is -0.765. The first-order chi connectivity index (χ1) is 13.8. The fourth-order valence-corrected chi connectivity index (χ4v) is 4.50. The number of piperazine rings is 1. The van der Waals surface area contributed by atoms with Crippen LogP contribution in [-0.4, -0.2) is 84.2 Å². The maximum Gasteiger partial charge on any atom is 0.321 e. The van der Waals surface area contributed by atoms with Crippen molar-refractivity contribution in [3.05, 3.63) is 29.3 Å². The Morgan fingerprint density at radius 1 is 1.14 bits per heavy atom. The van der Waals surface area contributed by atoms with Crippen molar-refractivity contribution in [2.24, 2.45) is 5.92 Å². The number of aryl methyl sites for hydroxylation is 2. The molecular weight excluding hydrogens is 368 g/mol. The summed E-state index contributed by atoms with van der Waals surface area (Å²) in [6.07, 6.45) is 1.66. The van der Waals surface area contributed by atoms with Crippen LogP contribution in [0.2, 0.25) is 0 Å². The molecule has 1 aromatic rings. The van der Waals surface area contributed by atoms with E-state index in [0.29, 0.717) is 25.6 Å². The SMILES string of the molecule is Cc1ccc(C)c(NC(=O)N2CC[C@@H](N3CCN(C)CC3)[C@@H](CCC(=O)O)C2)c1. The Hall–Kier alpha value is -2.12. The molecule has 0 aromatic heterocycles. The summed E-state index contributed by atoms with van der Waals surface area (Å²) in [4.78, 5) is 30.8. The zero-order valence-electron chi connectivity index (χ0n) is 17.9. The number of piperidine rings is 1. The number of benzene rings is 1. The molecule has 0 saturated carbocycles. The van der Waals surface area contributed by atoms with Crippen LogP contribution in [0.15, 0.2) is 18.2 Å². The van der Waals surface area contributed by atoms with E-state index in [1.165, 1.54) is 0 Å². The van der Waals surface area contributed by atoms with E-state index < -0.39 is 5.97 Å². The number of anilines is 1. The number of likely N-dealkylation sites (N-methyl/N-ethyl adjacent to an activating group) is 1. The Kier molecular flexibility index (Phi) is 7.14. The number of amides is 2. The minimum Gasteiger partial charge on any atom is -0.481 e. The Morgan fingerprint density at radius 2 is 1.86 bits per heavy atom. The molecule has 0 radical (unpaired) electrons. The lowest BCUT2D eigenvalue weighted by Crippen LogP contribution is -2.57. The molecule has 0 bridgehead atoms. The molecule has 0 spiro atoms. The molecule has 2 heterocycles. The molecule has 0 unspecified atom stereocenters. The highest BCUT2D eigenvalue weighted by atomic mass is 16.4. The molecule has 2 saturated heterocycles. The quantitative estimate of drug-likeness (QED) is 0.792. The molecule has 2 N–H and O–H groups in total. The molecule has 160 valence electrons. The van der Waals surface area contributed by atoms with Gasteiger partial charge in [0.15, 0.2) is 0 Å². The number of carboxylic acid groups (broad SMARTS) is 1. The second-order valence-corrected chi connectivity index (χ2v) is 8.58. The lowest BCUT2D eigenvalue weighted by Gasteiger charge is -2.46. The average Bonchev–Trinajstić information content (AvgIpc) is 2.69. The van der Waals surface area contributed by atoms with Crippen molar-refractivity contribution >= 4 is 17.7 Å². The van der Waals surface area contributed by atoms with Crippen molar-refractivity contribution in [3.63, 3.8) is 0 Å². The highest BCUT2D eigenvalue weighted by Gasteiger charge is 2.36. The maximum atomic E-state index is 12.9. The summed E-state index contributed by atoms with van der Waals surface area (Å²) in [7, 11) is 2.14. The van der Waals surface area contributed by atoms with Gasteiger partial charge < -0.3 is 20.2 Å². The van der Waals surface area contributed by atoms with Crippen LogP contribution in [0.5, 0.6) is 0 Å². The highest BCUT2D eigenvalue weighted by molar-refractivity contribution is 5.90. The van der Waals surface area contributed by atoms with Gasteiger partial charge in [0, 0.05) is 57.4 Å². The van der Waals surface area contributed by atoms with E-state index in [2.05, 4.69) is 22.2 Å². The van der Waals surface area contributed by atoms with Gasteiger partial charge in [-0.1, -0.05) is 12.1 Å². The Morgan fingerprint density at radius 3 is 2.55 bits per heavy atom. The highest BCUT2D eigenvalue weighted by Crippen LogP contribution is 2.28. The van der Waals surface area contributed by atoms with Crippen LogP contribution in [0.3, 0.4) is 0 Å². The predicted octanol–water partition coefficient (Wildman–Crippen LogP) is 2.64. The number of aliphatic carboxylic acids is 1. The summed E-state index contributed by atoms with van der Waals surface area (Å²) in [5.41, 5.74) is 3.00. The Bertz CT molecular complexity index is 731. The monoisotopic (exact) mass is 402 g/mol. The number of urea groups is 1. The normalized spacial score (nSPS) is 23.8. The van der Waals surface area contributed by atoms with Gasteiger partial charge in [0.05, 0.1) is 0 Å². The lowest BCUT2D eigenvalue weighted by atomic mass is 9.86. The molecule has 0 aliphatic carbocycles. The molecule has 29 heavy (non-hydrogen) atoms. The molecule has 1 aromatic carbocycles. The van der Waals surface area contributed by atoms with Crippen molar-refractivity contribution in [2.75, 3.05) is 51.6 Å². The van der Waals surface area contributed by atoms with Gasteiger partial charge in [0.1, 0.15) is 0 Å². The number of hydrogen-bond donors (Lipinski definition) is 2. The Balaban J connectivity index is 1.66. The van der Waals surface area contributed by atoms with Gasteiger partial charge in [-0.3, -0.25) is 9.69 Å². The number of rotatable bonds is 5. The van der Waals surface area contributed by atoms with Gasteiger partial charge in [-0.05, 0) is 56.8 Å². The number of carboxylic acids is 1. The largest absolute Gasteiger partial charge is 0.481 e. The van der Waals surface area contributed by atoms with Crippen LogP contribution >= 0.6 is 0 Å². The zero-order chi connectivity index (χ0) is 21.0. The molecule has 2 atom stereocenters. The van der Waals surface area contributed by atoms with E-state index in [4.69, 9.17) is 0 Å². The van der Waals surface area contributed by atoms with Crippen LogP contribution in [-0.2, 0) is 4.79 Å². The third-order valence-corrected chi connectivity index (χ3v) is 6.35. The minimum absolute atomic E-state index is 0.0872. The molecule has 7 heteroatoms. The second-order valence-electron chi connectivity index (χ2n) is 8.58. The van der Waals surface area contributed by atoms with E-state index >= 15 is 0 Å². The standard InChI is InChI=1S/C22H34N4O3/c1-16-4-5-17(2)19(14-16)23-22(29)26-9-8-20(18(15-26)6-7-21(27)28)25-12-10-24(3)11-13-25/h4-5,14,18,20H,6-13,15H2,1-3H3,(H,23,29)(H,27,28)/t18-,20+/m0/s1. The van der Waals surface area contributed by atoms with E-state index in [-0.39, 0.29) is 18.4 Å². The van der Waals surface area contributed by atoms with Crippen LogP contribution in [0.4, 0.5) is 10.5 Å². The maximum absolute atomic E-state index is 12.9. The van der Waals surface area contributed by atoms with E-state index in [0.717, 1.165) is 49.4 Å². The number of nitrogens with zero attached hydrogens (tertiary/aromatic N) is 3. The smallest absolute Gasteiger partial charge is 0.321 e. The van der Waals surface area contributed by atoms with Crippen molar-refractivity contribution in [1.29, 1.82) is 0 Å². The summed E-state index contributed by atoms with van der Waals surface area (Å²) in [6.45, 7) is 9.43. The topological polar surface area (TPSA) is 76.1 Å². The number of hydrogen-bond acceptors (Lipinski definition) is 4. The van der Waals surface area contributed by atoms with Crippen LogP contribution < -0.4 is 5.32 Å². The lowest BCUT2D eigenvalue weighted by molar-refractivity contribution is -0.137. The van der Waals surface area contributed by atoms with E-state index in [1.807, 2.05) is 36.9 Å². The molecule has 2 fully saturated rings. The summed E-state index contributed by atoms with van der Waals surface area (Å²) < 4.78 is 0. The number of carbonyl (C=O) groups is 2. The molecular formula is C22H34N4O3. The Labute approximate surface area is 173 Å². The predicted molar refractivity (Wildman–Crippen MR) is 114 cm³/mol. The average molecular weight is 403 g/mol. The first-order valence-electron chi connectivity index (χ1n) is 10.6. The summed E-state index contributed by atoms with van der Waals surface area (Å²) in [6, 6.07) is 6.31. The van der Waals surface area contributed by atoms with Crippen LogP contribution in [0.1, 0.15) is 30.4 Å². The first-order valence-corrected chi connectivity index (χ1v) is 10.6. The molecule has 2 aliphatic rings. The van der Waals surface area contributed by atoms with Gasteiger partial charge in [0.25, 0.3) is 0 Å². The zero-order valence-corrected chi connectivity index (χ0v) is 17.9. The fourth-order valence-electron chi connectivity index (χ4n) is 4.50. The summed E-state index contributed by atoms with van der Waals surface area (Å²) in [5.74, 6) is -0.577. The molecule has 2 amide bonds. The van der Waals surface area contributed by atoms with Crippen molar-refractivity contribution < 1.29 is 14.7 Å². The van der Waals surface area contributed by atoms with E-state index in [9.17, 15) is 14.7 Å². The molecule has 3 rings (SSSR count). The van der Waals surface area contributed by atoms with Crippen molar-refractivity contribution in [1.82, 2.24) is 14.7 Å². The van der Waals surface area contributed by atoms with Crippen LogP contribution in [0.25, 0.3) is 0 Å². The molecule has 2 aliphatic heterocycles. The number of nitrogens with one attached hydrogen (secondary N) is 1. The molecule has 7 nitrogen and oxygen atoms in total. The van der Waals surface area contributed by atoms with Gasteiger partial charge >= 0.3 is 12.0 Å². The van der Waals surface area contributed by atoms with Crippen molar-refractivity contribution in [2.45, 2.75) is 39.2 Å². The number of likely N-dealkylation sites (tertiary alicyclic amines) is 1. The van der Waals surface area contributed by atoms with Gasteiger partial charge in [-0.2, -0.15) is 0 Å². The van der Waals surface area contributed by atoms with Gasteiger partial charge in [-0.25, -0.2) is 4.79 Å². The van der Waals surface area contributed by atoms with Gasteiger partial charge in [-0.15, -0.1) is 0 Å². The van der Waals surface area contributed by atoms with Crippen LogP contribution in [0, 0.1) is 19.8 Å². The van der Waals surface area contributed by atoms with Crippen molar-refractivity contribution in [3.8, 4) is 0 Å². The third-order valence-electron chi connectivity index (χ3n) is 6.35. The van der Waals surface area contributed by atoms with E-state index in [1.54, 1.807) is 0 Å².